The highest BCUT2D eigenvalue weighted by molar-refractivity contribution is 5.71. The Morgan fingerprint density at radius 2 is 1.85 bits per heavy atom. The van der Waals surface area contributed by atoms with Crippen molar-refractivity contribution < 1.29 is 4.74 Å². The summed E-state index contributed by atoms with van der Waals surface area (Å²) < 4.78 is 6.02. The number of hydrogen-bond donors (Lipinski definition) is 1. The van der Waals surface area contributed by atoms with Crippen molar-refractivity contribution >= 4 is 0 Å². The summed E-state index contributed by atoms with van der Waals surface area (Å²) in [5, 5.41) is 0. The third kappa shape index (κ3) is 3.20. The van der Waals surface area contributed by atoms with Crippen LogP contribution >= 0.6 is 0 Å². The highest BCUT2D eigenvalue weighted by Gasteiger charge is 2.22. The molecule has 0 heterocycles. The fraction of sp³-hybridized carbons (Fsp3) is 0.333. The van der Waals surface area contributed by atoms with E-state index in [1.807, 2.05) is 6.07 Å². The van der Waals surface area contributed by atoms with E-state index < -0.39 is 0 Å². The Hall–Kier alpha value is -1.80. The zero-order valence-electron chi connectivity index (χ0n) is 11.7. The van der Waals surface area contributed by atoms with E-state index in [1.165, 1.54) is 29.5 Å². The highest BCUT2D eigenvalue weighted by Crippen LogP contribution is 2.34. The summed E-state index contributed by atoms with van der Waals surface area (Å²) in [5.41, 5.74) is 9.32. The van der Waals surface area contributed by atoms with Crippen LogP contribution in [-0.2, 0) is 6.42 Å². The predicted octanol–water partition coefficient (Wildman–Crippen LogP) is 3.64. The molecule has 104 valence electrons. The van der Waals surface area contributed by atoms with Crippen LogP contribution in [0.4, 0.5) is 0 Å². The maximum Gasteiger partial charge on any atom is 0.127 e. The SMILES string of the molecule is NCCc1ccc(OCC2CC2)c(-c2ccccc2)c1. The lowest BCUT2D eigenvalue weighted by molar-refractivity contribution is 0.301. The average Bonchev–Trinajstić information content (AvgIpc) is 3.31. The number of benzene rings is 2. The van der Waals surface area contributed by atoms with Crippen molar-refractivity contribution in [1.29, 1.82) is 0 Å². The maximum atomic E-state index is 6.02. The Labute approximate surface area is 120 Å². The molecule has 1 saturated carbocycles. The fourth-order valence-electron chi connectivity index (χ4n) is 2.36. The van der Waals surface area contributed by atoms with Crippen LogP contribution in [0.1, 0.15) is 18.4 Å². The van der Waals surface area contributed by atoms with Crippen LogP contribution in [0.3, 0.4) is 0 Å². The molecule has 0 saturated heterocycles. The molecule has 2 aromatic rings. The minimum atomic E-state index is 0.677. The van der Waals surface area contributed by atoms with E-state index in [4.69, 9.17) is 10.5 Å². The summed E-state index contributed by atoms with van der Waals surface area (Å²) in [4.78, 5) is 0. The molecule has 0 spiro atoms. The maximum absolute atomic E-state index is 6.02. The number of nitrogens with two attached hydrogens (primary N) is 1. The molecule has 2 aromatic carbocycles. The van der Waals surface area contributed by atoms with Crippen molar-refractivity contribution in [2.45, 2.75) is 19.3 Å². The van der Waals surface area contributed by atoms with Crippen molar-refractivity contribution in [2.24, 2.45) is 11.7 Å². The molecule has 3 rings (SSSR count). The Morgan fingerprint density at radius 3 is 2.55 bits per heavy atom. The smallest absolute Gasteiger partial charge is 0.127 e. The first-order valence-electron chi connectivity index (χ1n) is 7.38. The van der Waals surface area contributed by atoms with Gasteiger partial charge in [-0.05, 0) is 55.0 Å². The van der Waals surface area contributed by atoms with Crippen molar-refractivity contribution in [1.82, 2.24) is 0 Å². The van der Waals surface area contributed by atoms with Crippen LogP contribution in [0.5, 0.6) is 5.75 Å². The first kappa shape index (κ1) is 13.2. The Bertz CT molecular complexity index is 561. The summed E-state index contributed by atoms with van der Waals surface area (Å²) in [6.07, 6.45) is 3.53. The van der Waals surface area contributed by atoms with Crippen LogP contribution < -0.4 is 10.5 Å². The molecule has 2 heteroatoms. The second kappa shape index (κ2) is 6.10. The molecule has 0 unspecified atom stereocenters. The third-order valence-electron chi connectivity index (χ3n) is 3.73. The molecule has 2 nitrogen and oxygen atoms in total. The molecule has 0 radical (unpaired) electrons. The van der Waals surface area contributed by atoms with Gasteiger partial charge in [-0.25, -0.2) is 0 Å². The molecule has 1 aliphatic carbocycles. The van der Waals surface area contributed by atoms with Crippen molar-refractivity contribution in [3.63, 3.8) is 0 Å². The summed E-state index contributed by atoms with van der Waals surface area (Å²) >= 11 is 0. The minimum Gasteiger partial charge on any atom is -0.493 e. The molecular formula is C18H21NO. The molecule has 1 fully saturated rings. The van der Waals surface area contributed by atoms with Gasteiger partial charge in [0.1, 0.15) is 5.75 Å². The minimum absolute atomic E-state index is 0.677. The fourth-order valence-corrected chi connectivity index (χ4v) is 2.36. The van der Waals surface area contributed by atoms with E-state index in [0.29, 0.717) is 6.54 Å². The van der Waals surface area contributed by atoms with Gasteiger partial charge >= 0.3 is 0 Å². The molecule has 0 bridgehead atoms. The van der Waals surface area contributed by atoms with E-state index in [-0.39, 0.29) is 0 Å². The van der Waals surface area contributed by atoms with Crippen molar-refractivity contribution in [3.8, 4) is 16.9 Å². The van der Waals surface area contributed by atoms with Gasteiger partial charge in [-0.1, -0.05) is 36.4 Å². The zero-order valence-corrected chi connectivity index (χ0v) is 11.7. The second-order valence-electron chi connectivity index (χ2n) is 5.49. The molecule has 0 aliphatic heterocycles. The molecule has 0 atom stereocenters. The van der Waals surface area contributed by atoms with Crippen LogP contribution in [-0.4, -0.2) is 13.2 Å². The third-order valence-corrected chi connectivity index (χ3v) is 3.73. The molecule has 2 N–H and O–H groups in total. The topological polar surface area (TPSA) is 35.2 Å². The zero-order chi connectivity index (χ0) is 13.8. The number of ether oxygens (including phenoxy) is 1. The van der Waals surface area contributed by atoms with E-state index in [2.05, 4.69) is 42.5 Å². The Morgan fingerprint density at radius 1 is 1.05 bits per heavy atom. The normalized spacial score (nSPS) is 14.2. The molecule has 20 heavy (non-hydrogen) atoms. The first-order chi connectivity index (χ1) is 9.86. The lowest BCUT2D eigenvalue weighted by atomic mass is 10.0. The van der Waals surface area contributed by atoms with E-state index >= 15 is 0 Å². The first-order valence-corrected chi connectivity index (χ1v) is 7.38. The summed E-state index contributed by atoms with van der Waals surface area (Å²) in [6.45, 7) is 1.52. The van der Waals surface area contributed by atoms with Gasteiger partial charge in [0.2, 0.25) is 0 Å². The van der Waals surface area contributed by atoms with E-state index in [1.54, 1.807) is 0 Å². The highest BCUT2D eigenvalue weighted by atomic mass is 16.5. The Kier molecular flexibility index (Phi) is 4.03. The summed E-state index contributed by atoms with van der Waals surface area (Å²) in [7, 11) is 0. The van der Waals surface area contributed by atoms with Crippen molar-refractivity contribution in [3.05, 3.63) is 54.1 Å². The Balaban J connectivity index is 1.90. The quantitative estimate of drug-likeness (QED) is 0.867. The van der Waals surface area contributed by atoms with Crippen LogP contribution in [0.25, 0.3) is 11.1 Å². The largest absolute Gasteiger partial charge is 0.493 e. The van der Waals surface area contributed by atoms with Gasteiger partial charge in [-0.3, -0.25) is 0 Å². The predicted molar refractivity (Wildman–Crippen MR) is 82.9 cm³/mol. The van der Waals surface area contributed by atoms with Gasteiger partial charge in [0.05, 0.1) is 6.61 Å². The van der Waals surface area contributed by atoms with Gasteiger partial charge in [-0.15, -0.1) is 0 Å². The van der Waals surface area contributed by atoms with Crippen molar-refractivity contribution in [2.75, 3.05) is 13.2 Å². The lowest BCUT2D eigenvalue weighted by Gasteiger charge is -2.13. The summed E-state index contributed by atoms with van der Waals surface area (Å²) in [5.74, 6) is 1.76. The van der Waals surface area contributed by atoms with Gasteiger partial charge in [0.25, 0.3) is 0 Å². The monoisotopic (exact) mass is 267 g/mol. The number of rotatable bonds is 6. The second-order valence-corrected chi connectivity index (χ2v) is 5.49. The van der Waals surface area contributed by atoms with Crippen LogP contribution in [0, 0.1) is 5.92 Å². The van der Waals surface area contributed by atoms with Gasteiger partial charge < -0.3 is 10.5 Å². The number of hydrogen-bond acceptors (Lipinski definition) is 2. The molecule has 0 aromatic heterocycles. The van der Waals surface area contributed by atoms with E-state index in [9.17, 15) is 0 Å². The summed E-state index contributed by atoms with van der Waals surface area (Å²) in [6, 6.07) is 16.9. The standard InChI is InChI=1S/C18H21NO/c19-11-10-14-8-9-18(20-13-15-6-7-15)17(12-14)16-4-2-1-3-5-16/h1-5,8-9,12,15H,6-7,10-11,13,19H2. The molecular weight excluding hydrogens is 246 g/mol. The van der Waals surface area contributed by atoms with Gasteiger partial charge in [-0.2, -0.15) is 0 Å². The molecule has 1 aliphatic rings. The molecule has 0 amide bonds. The van der Waals surface area contributed by atoms with Gasteiger partial charge in [0, 0.05) is 5.56 Å². The average molecular weight is 267 g/mol. The van der Waals surface area contributed by atoms with E-state index in [0.717, 1.165) is 24.7 Å². The lowest BCUT2D eigenvalue weighted by Crippen LogP contribution is -2.04. The van der Waals surface area contributed by atoms with Crippen LogP contribution in [0.2, 0.25) is 0 Å². The van der Waals surface area contributed by atoms with Gasteiger partial charge in [0.15, 0.2) is 0 Å². The van der Waals surface area contributed by atoms with Crippen LogP contribution in [0.15, 0.2) is 48.5 Å².